The molecule has 0 atom stereocenters. The van der Waals surface area contributed by atoms with Gasteiger partial charge in [0.15, 0.2) is 5.03 Å². The summed E-state index contributed by atoms with van der Waals surface area (Å²) in [5, 5.41) is 9.05. The molecule has 0 spiro atoms. The molecular formula is C24H23N5O4S. The molecule has 2 heterocycles. The zero-order chi connectivity index (χ0) is 24.1. The Morgan fingerprint density at radius 1 is 0.971 bits per heavy atom. The van der Waals surface area contributed by atoms with Crippen LogP contribution in [0.5, 0.6) is 0 Å². The Hall–Kier alpha value is -3.89. The fourth-order valence-electron chi connectivity index (χ4n) is 3.55. The number of hydrogen-bond donors (Lipinski definition) is 1. The van der Waals surface area contributed by atoms with Crippen molar-refractivity contribution in [1.29, 1.82) is 0 Å². The third-order valence-electron chi connectivity index (χ3n) is 5.20. The Labute approximate surface area is 197 Å². The van der Waals surface area contributed by atoms with Crippen molar-refractivity contribution in [1.82, 2.24) is 23.8 Å². The molecule has 0 unspecified atom stereocenters. The second kappa shape index (κ2) is 9.94. The summed E-state index contributed by atoms with van der Waals surface area (Å²) in [7, 11) is -2.20. The number of aryl methyl sites for hydroxylation is 1. The van der Waals surface area contributed by atoms with E-state index in [9.17, 15) is 13.2 Å². The van der Waals surface area contributed by atoms with Gasteiger partial charge >= 0.3 is 5.97 Å². The quantitative estimate of drug-likeness (QED) is 0.394. The highest BCUT2D eigenvalue weighted by Crippen LogP contribution is 2.23. The summed E-state index contributed by atoms with van der Waals surface area (Å²) in [5.74, 6) is -0.945. The number of nitrogens with zero attached hydrogens (tertiary/aromatic N) is 5. The molecule has 10 heteroatoms. The zero-order valence-electron chi connectivity index (χ0n) is 18.4. The van der Waals surface area contributed by atoms with Crippen molar-refractivity contribution in [3.8, 4) is 11.1 Å². The molecule has 0 saturated carbocycles. The molecule has 0 fully saturated rings. The van der Waals surface area contributed by atoms with Gasteiger partial charge in [-0.1, -0.05) is 48.5 Å². The molecular weight excluding hydrogens is 454 g/mol. The lowest BCUT2D eigenvalue weighted by atomic mass is 10.1. The molecule has 0 saturated heterocycles. The van der Waals surface area contributed by atoms with Gasteiger partial charge in [0.25, 0.3) is 10.0 Å². The largest absolute Gasteiger partial charge is 0.481 e. The first kappa shape index (κ1) is 23.3. The topological polar surface area (TPSA) is 118 Å². The summed E-state index contributed by atoms with van der Waals surface area (Å²) >= 11 is 0. The number of imidazole rings is 1. The number of rotatable bonds is 9. The Kier molecular flexibility index (Phi) is 6.80. The molecule has 0 bridgehead atoms. The van der Waals surface area contributed by atoms with Gasteiger partial charge in [0.2, 0.25) is 0 Å². The van der Waals surface area contributed by atoms with Crippen LogP contribution in [0.15, 0.2) is 84.8 Å². The van der Waals surface area contributed by atoms with E-state index in [4.69, 9.17) is 5.11 Å². The minimum Gasteiger partial charge on any atom is -0.481 e. The summed E-state index contributed by atoms with van der Waals surface area (Å²) in [6, 6.07) is 14.5. The van der Waals surface area contributed by atoms with E-state index in [-0.39, 0.29) is 24.5 Å². The zero-order valence-corrected chi connectivity index (χ0v) is 19.3. The van der Waals surface area contributed by atoms with Crippen molar-refractivity contribution >= 4 is 16.0 Å². The van der Waals surface area contributed by atoms with Crippen LogP contribution in [-0.2, 0) is 41.4 Å². The number of carboxylic acids is 1. The lowest BCUT2D eigenvalue weighted by Crippen LogP contribution is -2.30. The van der Waals surface area contributed by atoms with Gasteiger partial charge in [-0.3, -0.25) is 4.79 Å². The van der Waals surface area contributed by atoms with E-state index in [0.717, 1.165) is 16.7 Å². The van der Waals surface area contributed by atoms with Crippen LogP contribution in [0.25, 0.3) is 11.1 Å². The number of carbonyl (C=O) groups is 1. The normalized spacial score (nSPS) is 11.6. The minimum absolute atomic E-state index is 0.0465. The summed E-state index contributed by atoms with van der Waals surface area (Å²) in [4.78, 5) is 23.2. The van der Waals surface area contributed by atoms with Crippen LogP contribution < -0.4 is 0 Å². The molecule has 4 rings (SSSR count). The van der Waals surface area contributed by atoms with Crippen LogP contribution in [-0.4, -0.2) is 43.3 Å². The van der Waals surface area contributed by atoms with Crippen LogP contribution >= 0.6 is 0 Å². The van der Waals surface area contributed by atoms with Gasteiger partial charge in [-0.05, 0) is 22.3 Å². The molecule has 0 amide bonds. The standard InChI is InChI=1S/C24H23N5O4S/c1-28-15-23(27-17-28)34(32,33)29(14-20-4-2-3-19(9-20)10-24(30)31)13-18-5-7-21(8-6-18)22-11-25-16-26-12-22/h2-9,11-12,15-17H,10,13-14H2,1H3,(H,30,31). The maximum atomic E-state index is 13.4. The van der Waals surface area contributed by atoms with E-state index in [1.807, 2.05) is 24.3 Å². The third-order valence-corrected chi connectivity index (χ3v) is 6.88. The fraction of sp³-hybridized carbons (Fsp3) is 0.167. The molecule has 174 valence electrons. The lowest BCUT2D eigenvalue weighted by molar-refractivity contribution is -0.136. The smallest absolute Gasteiger partial charge is 0.307 e. The number of aromatic nitrogens is 4. The summed E-state index contributed by atoms with van der Waals surface area (Å²) in [5.41, 5.74) is 3.87. The molecule has 0 aliphatic heterocycles. The predicted octanol–water partition coefficient (Wildman–Crippen LogP) is 2.90. The van der Waals surface area contributed by atoms with Crippen LogP contribution in [0, 0.1) is 0 Å². The van der Waals surface area contributed by atoms with Crippen LogP contribution in [0.4, 0.5) is 0 Å². The number of benzene rings is 2. The molecule has 2 aromatic carbocycles. The molecule has 2 aromatic heterocycles. The molecule has 1 N–H and O–H groups in total. The van der Waals surface area contributed by atoms with Crippen LogP contribution in [0.1, 0.15) is 16.7 Å². The van der Waals surface area contributed by atoms with E-state index >= 15 is 0 Å². The second-order valence-electron chi connectivity index (χ2n) is 7.87. The molecule has 0 aliphatic carbocycles. The van der Waals surface area contributed by atoms with Gasteiger partial charge in [0.1, 0.15) is 6.33 Å². The van der Waals surface area contributed by atoms with Crippen molar-refractivity contribution in [2.24, 2.45) is 7.05 Å². The minimum atomic E-state index is -3.91. The van der Waals surface area contributed by atoms with E-state index in [0.29, 0.717) is 11.1 Å². The molecule has 0 aliphatic rings. The van der Waals surface area contributed by atoms with Crippen LogP contribution in [0.3, 0.4) is 0 Å². The van der Waals surface area contributed by atoms with Crippen LogP contribution in [0.2, 0.25) is 0 Å². The van der Waals surface area contributed by atoms with Crippen molar-refractivity contribution in [3.63, 3.8) is 0 Å². The second-order valence-corrected chi connectivity index (χ2v) is 9.75. The summed E-state index contributed by atoms with van der Waals surface area (Å²) in [6.07, 6.45) is 7.65. The lowest BCUT2D eigenvalue weighted by Gasteiger charge is -2.22. The first-order valence-electron chi connectivity index (χ1n) is 10.4. The Bertz CT molecular complexity index is 1390. The Morgan fingerprint density at radius 3 is 2.29 bits per heavy atom. The maximum absolute atomic E-state index is 13.4. The van der Waals surface area contributed by atoms with Gasteiger partial charge < -0.3 is 9.67 Å². The molecule has 9 nitrogen and oxygen atoms in total. The van der Waals surface area contributed by atoms with Gasteiger partial charge in [-0.25, -0.2) is 23.4 Å². The highest BCUT2D eigenvalue weighted by Gasteiger charge is 2.27. The summed E-state index contributed by atoms with van der Waals surface area (Å²) < 4.78 is 29.8. The average Bonchev–Trinajstić information content (AvgIpc) is 3.27. The Morgan fingerprint density at radius 2 is 1.65 bits per heavy atom. The fourth-order valence-corrected chi connectivity index (χ4v) is 4.93. The number of sulfonamides is 1. The highest BCUT2D eigenvalue weighted by atomic mass is 32.2. The van der Waals surface area contributed by atoms with E-state index in [2.05, 4.69) is 15.0 Å². The molecule has 34 heavy (non-hydrogen) atoms. The number of aliphatic carboxylic acids is 1. The van der Waals surface area contributed by atoms with E-state index < -0.39 is 16.0 Å². The first-order valence-corrected chi connectivity index (χ1v) is 11.9. The SMILES string of the molecule is Cn1cnc(S(=O)(=O)N(Cc2ccc(-c3cncnc3)cc2)Cc2cccc(CC(=O)O)c2)c1. The van der Waals surface area contributed by atoms with Gasteiger partial charge in [0.05, 0.1) is 12.7 Å². The number of hydrogen-bond acceptors (Lipinski definition) is 6. The molecule has 0 radical (unpaired) electrons. The highest BCUT2D eigenvalue weighted by molar-refractivity contribution is 7.89. The average molecular weight is 478 g/mol. The van der Waals surface area contributed by atoms with Crippen molar-refractivity contribution in [2.75, 3.05) is 0 Å². The van der Waals surface area contributed by atoms with Gasteiger partial charge in [-0.2, -0.15) is 4.31 Å². The summed E-state index contributed by atoms with van der Waals surface area (Å²) in [6.45, 7) is 0.189. The predicted molar refractivity (Wildman–Crippen MR) is 125 cm³/mol. The van der Waals surface area contributed by atoms with Crippen molar-refractivity contribution < 1.29 is 18.3 Å². The van der Waals surface area contributed by atoms with E-state index in [1.54, 1.807) is 48.3 Å². The first-order chi connectivity index (χ1) is 16.3. The van der Waals surface area contributed by atoms with Gasteiger partial charge in [0, 0.05) is 44.3 Å². The van der Waals surface area contributed by atoms with Crippen molar-refractivity contribution in [3.05, 3.63) is 96.5 Å². The maximum Gasteiger partial charge on any atom is 0.307 e. The van der Waals surface area contributed by atoms with Crippen molar-refractivity contribution in [2.45, 2.75) is 24.5 Å². The third kappa shape index (κ3) is 5.53. The monoisotopic (exact) mass is 477 g/mol. The Balaban J connectivity index is 1.63. The molecule has 4 aromatic rings. The number of carboxylic acid groups (broad SMARTS) is 1. The van der Waals surface area contributed by atoms with E-state index in [1.165, 1.54) is 23.2 Å². The van der Waals surface area contributed by atoms with Gasteiger partial charge in [-0.15, -0.1) is 0 Å².